The average Bonchev–Trinajstić information content (AvgIpc) is 3.66. The van der Waals surface area contributed by atoms with Crippen LogP contribution < -0.4 is 0 Å². The number of carbonyl (C=O) groups excluding carboxylic acids is 3. The van der Waals surface area contributed by atoms with Crippen LogP contribution in [0.3, 0.4) is 0 Å². The summed E-state index contributed by atoms with van der Waals surface area (Å²) >= 11 is 0. The lowest BCUT2D eigenvalue weighted by atomic mass is 9.33. The highest BCUT2D eigenvalue weighted by atomic mass is 16.5. The first-order valence-electron chi connectivity index (χ1n) is 22.5. The normalized spacial score (nSPS) is 38.7. The zero-order chi connectivity index (χ0) is 40.8. The van der Waals surface area contributed by atoms with Crippen LogP contribution in [0.5, 0.6) is 0 Å². The molecule has 9 heteroatoms. The van der Waals surface area contributed by atoms with Gasteiger partial charge in [0.2, 0.25) is 5.91 Å². The number of amides is 1. The SMILES string of the molecule is CC(C)C1=C2[C@H]3CC[C@@H]4[C@@]5(C)CC[C@H](OC(=O)CC(C)(C)C(=O)O)C(C)(C)[C@@H]5CC[C@@]4(C)[C@]3(C)CC[C@@]2(C(O)CN(CC2CC2)C(=O)CN2CCCC2)CC1=O. The number of aliphatic hydroxyl groups is 1. The lowest BCUT2D eigenvalue weighted by Crippen LogP contribution is -2.66. The zero-order valence-corrected chi connectivity index (χ0v) is 36.3. The van der Waals surface area contributed by atoms with E-state index >= 15 is 0 Å². The summed E-state index contributed by atoms with van der Waals surface area (Å²) in [6.07, 6.45) is 11.4. The number of ether oxygens (including phenoxy) is 1. The van der Waals surface area contributed by atoms with Crippen molar-refractivity contribution in [1.82, 2.24) is 9.80 Å². The Morgan fingerprint density at radius 2 is 1.57 bits per heavy atom. The summed E-state index contributed by atoms with van der Waals surface area (Å²) < 4.78 is 6.19. The van der Waals surface area contributed by atoms with Crippen molar-refractivity contribution in [3.05, 3.63) is 11.1 Å². The van der Waals surface area contributed by atoms with Crippen molar-refractivity contribution in [2.45, 2.75) is 164 Å². The molecule has 9 atom stereocenters. The van der Waals surface area contributed by atoms with Crippen molar-refractivity contribution in [3.8, 4) is 0 Å². The van der Waals surface area contributed by atoms with E-state index in [1.807, 2.05) is 4.90 Å². The number of nitrogens with zero attached hydrogens (tertiary/aromatic N) is 2. The van der Waals surface area contributed by atoms with Crippen LogP contribution in [0, 0.1) is 62.1 Å². The van der Waals surface area contributed by atoms with E-state index in [0.717, 1.165) is 95.7 Å². The summed E-state index contributed by atoms with van der Waals surface area (Å²) in [6, 6.07) is 0. The van der Waals surface area contributed by atoms with Gasteiger partial charge in [-0.2, -0.15) is 0 Å². The first-order valence-corrected chi connectivity index (χ1v) is 22.5. The number of hydrogen-bond donors (Lipinski definition) is 2. The molecule has 1 amide bonds. The maximum atomic E-state index is 14.3. The van der Waals surface area contributed by atoms with E-state index in [-0.39, 0.29) is 57.7 Å². The number of fused-ring (bicyclic) bond motifs is 7. The number of ketones is 1. The highest BCUT2D eigenvalue weighted by Crippen LogP contribution is 2.77. The smallest absolute Gasteiger partial charge is 0.309 e. The van der Waals surface area contributed by atoms with Gasteiger partial charge in [0.05, 0.1) is 24.5 Å². The highest BCUT2D eigenvalue weighted by molar-refractivity contribution is 6.00. The van der Waals surface area contributed by atoms with Gasteiger partial charge in [-0.05, 0) is 155 Å². The fraction of sp³-hybridized carbons (Fsp3) is 0.872. The number of carbonyl (C=O) groups is 4. The molecule has 9 nitrogen and oxygen atoms in total. The summed E-state index contributed by atoms with van der Waals surface area (Å²) in [5.74, 6) is 0.537. The van der Waals surface area contributed by atoms with Gasteiger partial charge in [0.15, 0.2) is 5.78 Å². The van der Waals surface area contributed by atoms with Crippen LogP contribution >= 0.6 is 0 Å². The van der Waals surface area contributed by atoms with Gasteiger partial charge in [0, 0.05) is 30.3 Å². The second kappa shape index (κ2) is 14.5. The third-order valence-electron chi connectivity index (χ3n) is 18.0. The number of aliphatic hydroxyl groups excluding tert-OH is 1. The van der Waals surface area contributed by atoms with Crippen molar-refractivity contribution >= 4 is 23.6 Å². The van der Waals surface area contributed by atoms with E-state index in [9.17, 15) is 29.4 Å². The Balaban J connectivity index is 1.15. The summed E-state index contributed by atoms with van der Waals surface area (Å²) in [6.45, 7) is 23.0. The van der Waals surface area contributed by atoms with Gasteiger partial charge >= 0.3 is 11.9 Å². The van der Waals surface area contributed by atoms with E-state index in [1.165, 1.54) is 5.57 Å². The lowest BCUT2D eigenvalue weighted by Gasteiger charge is -2.72. The predicted molar refractivity (Wildman–Crippen MR) is 216 cm³/mol. The first kappa shape index (κ1) is 41.9. The van der Waals surface area contributed by atoms with E-state index in [2.05, 4.69) is 53.4 Å². The van der Waals surface area contributed by atoms with Crippen molar-refractivity contribution in [3.63, 3.8) is 0 Å². The van der Waals surface area contributed by atoms with Crippen LogP contribution in [-0.4, -0.2) is 88.6 Å². The molecule has 0 aromatic rings. The van der Waals surface area contributed by atoms with Gasteiger partial charge in [-0.25, -0.2) is 0 Å². The standard InChI is InChI=1S/C47H74N2O7/c1-29(2)39-32(50)24-47(35(51)27-49(26-30-12-13-30)37(52)28-48-22-10-11-23-48)21-20-45(8)31(40(39)47)14-15-34-44(7)18-17-36(56-38(53)25-42(3,4)41(54)55)43(5,6)33(44)16-19-46(34,45)9/h29-31,33-36,51H,10-28H2,1-9H3,(H,54,55)/t31-,33+,34-,35?,36+,44+,45-,46-,47+/m1/s1. The summed E-state index contributed by atoms with van der Waals surface area (Å²) in [5, 5.41) is 22.3. The molecule has 7 rings (SSSR count). The van der Waals surface area contributed by atoms with Gasteiger partial charge in [0.25, 0.3) is 0 Å². The fourth-order valence-corrected chi connectivity index (χ4v) is 14.4. The Bertz CT molecular complexity index is 1620. The molecule has 5 saturated carbocycles. The summed E-state index contributed by atoms with van der Waals surface area (Å²) in [5.41, 5.74) is 0.175. The van der Waals surface area contributed by atoms with E-state index in [4.69, 9.17) is 4.74 Å². The van der Waals surface area contributed by atoms with Crippen LogP contribution in [0.2, 0.25) is 0 Å². The number of likely N-dealkylation sites (tertiary alicyclic amines) is 1. The maximum absolute atomic E-state index is 14.3. The molecule has 1 aliphatic heterocycles. The molecule has 0 bridgehead atoms. The molecular formula is C47H74N2O7. The van der Waals surface area contributed by atoms with Crippen LogP contribution in [0.1, 0.15) is 152 Å². The summed E-state index contributed by atoms with van der Waals surface area (Å²) in [7, 11) is 0. The minimum absolute atomic E-state index is 0.0216. The number of rotatable bonds is 12. The predicted octanol–water partition coefficient (Wildman–Crippen LogP) is 8.08. The highest BCUT2D eigenvalue weighted by Gasteiger charge is 2.71. The number of hydrogen-bond acceptors (Lipinski definition) is 7. The van der Waals surface area contributed by atoms with Crippen LogP contribution in [0.4, 0.5) is 0 Å². The Labute approximate surface area is 337 Å². The molecule has 0 aromatic carbocycles. The molecule has 1 saturated heterocycles. The monoisotopic (exact) mass is 779 g/mol. The van der Waals surface area contributed by atoms with Gasteiger partial charge in [0.1, 0.15) is 6.10 Å². The molecule has 7 aliphatic rings. The van der Waals surface area contributed by atoms with Crippen molar-refractivity contribution in [1.29, 1.82) is 0 Å². The van der Waals surface area contributed by atoms with E-state index in [0.29, 0.717) is 43.8 Å². The number of allylic oxidation sites excluding steroid dienone is 1. The van der Waals surface area contributed by atoms with Gasteiger partial charge in [-0.15, -0.1) is 0 Å². The fourth-order valence-electron chi connectivity index (χ4n) is 14.4. The van der Waals surface area contributed by atoms with Crippen molar-refractivity contribution < 1.29 is 34.1 Å². The van der Waals surface area contributed by atoms with Crippen LogP contribution in [0.25, 0.3) is 0 Å². The third kappa shape index (κ3) is 6.72. The molecular weight excluding hydrogens is 705 g/mol. The van der Waals surface area contributed by atoms with E-state index < -0.39 is 28.9 Å². The molecule has 0 aromatic heterocycles. The topological polar surface area (TPSA) is 124 Å². The Morgan fingerprint density at radius 3 is 2.20 bits per heavy atom. The number of Topliss-reactive ketones (excluding diaryl/α,β-unsaturated/α-hetero) is 1. The Hall–Kier alpha value is -2.26. The molecule has 314 valence electrons. The minimum atomic E-state index is -1.17. The third-order valence-corrected chi connectivity index (χ3v) is 18.0. The Morgan fingerprint density at radius 1 is 0.893 bits per heavy atom. The maximum Gasteiger partial charge on any atom is 0.309 e. The largest absolute Gasteiger partial charge is 0.481 e. The van der Waals surface area contributed by atoms with Crippen LogP contribution in [0.15, 0.2) is 11.1 Å². The molecule has 56 heavy (non-hydrogen) atoms. The number of esters is 1. The summed E-state index contributed by atoms with van der Waals surface area (Å²) in [4.78, 5) is 57.3. The Kier molecular flexibility index (Phi) is 10.8. The second-order valence-electron chi connectivity index (χ2n) is 22.3. The van der Waals surface area contributed by atoms with Crippen molar-refractivity contribution in [2.75, 3.05) is 32.7 Å². The van der Waals surface area contributed by atoms with Gasteiger partial charge in [-0.1, -0.05) is 54.0 Å². The molecule has 6 fully saturated rings. The molecule has 0 spiro atoms. The first-order chi connectivity index (χ1) is 26.1. The zero-order valence-electron chi connectivity index (χ0n) is 36.3. The van der Waals surface area contributed by atoms with E-state index in [1.54, 1.807) is 13.8 Å². The van der Waals surface area contributed by atoms with Gasteiger partial charge < -0.3 is 19.8 Å². The molecule has 2 N–H and O–H groups in total. The molecule has 0 radical (unpaired) electrons. The minimum Gasteiger partial charge on any atom is -0.481 e. The lowest BCUT2D eigenvalue weighted by molar-refractivity contribution is -0.235. The number of aliphatic carboxylic acids is 1. The molecule has 6 aliphatic carbocycles. The second-order valence-corrected chi connectivity index (χ2v) is 22.3. The van der Waals surface area contributed by atoms with Crippen LogP contribution in [-0.2, 0) is 23.9 Å². The molecule has 1 heterocycles. The number of carboxylic acid groups (broad SMARTS) is 1. The quantitative estimate of drug-likeness (QED) is 0.191. The molecule has 1 unspecified atom stereocenters. The van der Waals surface area contributed by atoms with Gasteiger partial charge in [-0.3, -0.25) is 24.1 Å². The average molecular weight is 779 g/mol. The van der Waals surface area contributed by atoms with Crippen molar-refractivity contribution in [2.24, 2.45) is 62.1 Å². The number of carboxylic acids is 1.